The quantitative estimate of drug-likeness (QED) is 0.870. The number of aromatic nitrogens is 2. The largest absolute Gasteiger partial charge is 0.379 e. The average molecular weight is 245 g/mol. The fourth-order valence-electron chi connectivity index (χ4n) is 2.27. The minimum Gasteiger partial charge on any atom is -0.379 e. The molecule has 5 nitrogen and oxygen atoms in total. The van der Waals surface area contributed by atoms with Crippen LogP contribution in [0.1, 0.15) is 16.8 Å². The van der Waals surface area contributed by atoms with Crippen molar-refractivity contribution in [1.82, 2.24) is 15.1 Å². The van der Waals surface area contributed by atoms with E-state index in [1.54, 1.807) is 11.1 Å². The molecule has 1 unspecified atom stereocenters. The van der Waals surface area contributed by atoms with Crippen LogP contribution in [0.3, 0.4) is 0 Å². The Morgan fingerprint density at radius 1 is 1.56 bits per heavy atom. The lowest BCUT2D eigenvalue weighted by Crippen LogP contribution is -2.37. The molecule has 1 fully saturated rings. The first-order valence-corrected chi connectivity index (χ1v) is 6.04. The van der Waals surface area contributed by atoms with Crippen LogP contribution >= 0.6 is 0 Å². The summed E-state index contributed by atoms with van der Waals surface area (Å²) < 4.78 is 5.31. The second-order valence-corrected chi connectivity index (χ2v) is 4.61. The molecule has 94 valence electrons. The van der Waals surface area contributed by atoms with E-state index in [1.165, 1.54) is 0 Å². The minimum atomic E-state index is 0.0296. The lowest BCUT2D eigenvalue weighted by molar-refractivity contribution is 0.0711. The number of hydrogen-bond donors (Lipinski definition) is 1. The van der Waals surface area contributed by atoms with Crippen molar-refractivity contribution < 1.29 is 9.53 Å². The van der Waals surface area contributed by atoms with E-state index in [-0.39, 0.29) is 11.9 Å². The summed E-state index contributed by atoms with van der Waals surface area (Å²) in [5, 5.41) is 7.84. The molecule has 0 spiro atoms. The average Bonchev–Trinajstić information content (AvgIpc) is 3.06. The van der Waals surface area contributed by atoms with Gasteiger partial charge in [-0.2, -0.15) is 5.10 Å². The van der Waals surface area contributed by atoms with Gasteiger partial charge in [-0.05, 0) is 18.6 Å². The first-order chi connectivity index (χ1) is 8.75. The minimum absolute atomic E-state index is 0.0296. The third-order valence-electron chi connectivity index (χ3n) is 3.46. The van der Waals surface area contributed by atoms with E-state index in [4.69, 9.17) is 4.74 Å². The molecule has 1 aromatic carbocycles. The zero-order valence-electron chi connectivity index (χ0n) is 10.2. The Bertz CT molecular complexity index is 572. The SMILES string of the molecule is CN(C(=O)c1ccc2cn[nH]c2c1)C1CCOC1. The number of carbonyl (C=O) groups excluding carboxylic acids is 1. The van der Waals surface area contributed by atoms with Crippen molar-refractivity contribution in [2.24, 2.45) is 0 Å². The predicted molar refractivity (Wildman–Crippen MR) is 67.4 cm³/mol. The number of hydrogen-bond acceptors (Lipinski definition) is 3. The van der Waals surface area contributed by atoms with E-state index in [1.807, 2.05) is 25.2 Å². The van der Waals surface area contributed by atoms with Crippen molar-refractivity contribution in [3.05, 3.63) is 30.0 Å². The number of amides is 1. The highest BCUT2D eigenvalue weighted by Crippen LogP contribution is 2.17. The molecule has 1 saturated heterocycles. The summed E-state index contributed by atoms with van der Waals surface area (Å²) >= 11 is 0. The number of rotatable bonds is 2. The van der Waals surface area contributed by atoms with Gasteiger partial charge in [0.05, 0.1) is 24.4 Å². The Hall–Kier alpha value is -1.88. The molecule has 1 atom stereocenters. The van der Waals surface area contributed by atoms with Gasteiger partial charge in [0.2, 0.25) is 0 Å². The van der Waals surface area contributed by atoms with Crippen molar-refractivity contribution in [3.63, 3.8) is 0 Å². The molecule has 0 bridgehead atoms. The number of fused-ring (bicyclic) bond motifs is 1. The van der Waals surface area contributed by atoms with E-state index in [9.17, 15) is 4.79 Å². The van der Waals surface area contributed by atoms with Crippen molar-refractivity contribution >= 4 is 16.8 Å². The number of benzene rings is 1. The predicted octanol–water partition coefficient (Wildman–Crippen LogP) is 1.42. The summed E-state index contributed by atoms with van der Waals surface area (Å²) in [6.45, 7) is 1.37. The fourth-order valence-corrected chi connectivity index (χ4v) is 2.27. The molecular weight excluding hydrogens is 230 g/mol. The van der Waals surface area contributed by atoms with Gasteiger partial charge in [-0.3, -0.25) is 9.89 Å². The van der Waals surface area contributed by atoms with Crippen molar-refractivity contribution in [3.8, 4) is 0 Å². The summed E-state index contributed by atoms with van der Waals surface area (Å²) in [6.07, 6.45) is 2.66. The highest BCUT2D eigenvalue weighted by Gasteiger charge is 2.24. The molecule has 2 aromatic rings. The van der Waals surface area contributed by atoms with Crippen LogP contribution in [-0.4, -0.2) is 47.3 Å². The molecule has 1 amide bonds. The van der Waals surface area contributed by atoms with Crippen molar-refractivity contribution in [2.75, 3.05) is 20.3 Å². The van der Waals surface area contributed by atoms with Gasteiger partial charge in [-0.15, -0.1) is 0 Å². The van der Waals surface area contributed by atoms with E-state index in [0.29, 0.717) is 12.2 Å². The molecule has 0 aliphatic carbocycles. The number of nitrogens with one attached hydrogen (secondary N) is 1. The van der Waals surface area contributed by atoms with E-state index in [2.05, 4.69) is 10.2 Å². The summed E-state index contributed by atoms with van der Waals surface area (Å²) in [4.78, 5) is 14.1. The zero-order valence-corrected chi connectivity index (χ0v) is 10.2. The third-order valence-corrected chi connectivity index (χ3v) is 3.46. The van der Waals surface area contributed by atoms with Gasteiger partial charge in [0.1, 0.15) is 0 Å². The van der Waals surface area contributed by atoms with Crippen LogP contribution in [-0.2, 0) is 4.74 Å². The van der Waals surface area contributed by atoms with Crippen LogP contribution in [0.2, 0.25) is 0 Å². The van der Waals surface area contributed by atoms with Gasteiger partial charge in [0.15, 0.2) is 0 Å². The second kappa shape index (κ2) is 4.42. The molecule has 0 radical (unpaired) electrons. The van der Waals surface area contributed by atoms with Crippen LogP contribution in [0.5, 0.6) is 0 Å². The fraction of sp³-hybridized carbons (Fsp3) is 0.385. The van der Waals surface area contributed by atoms with Crippen molar-refractivity contribution in [2.45, 2.75) is 12.5 Å². The topological polar surface area (TPSA) is 58.2 Å². The number of H-pyrrole nitrogens is 1. The molecule has 18 heavy (non-hydrogen) atoms. The molecule has 1 aliphatic rings. The molecule has 3 rings (SSSR count). The zero-order chi connectivity index (χ0) is 12.5. The van der Waals surface area contributed by atoms with Gasteiger partial charge in [-0.25, -0.2) is 0 Å². The van der Waals surface area contributed by atoms with Crippen LogP contribution in [0.4, 0.5) is 0 Å². The maximum Gasteiger partial charge on any atom is 0.254 e. The molecule has 0 saturated carbocycles. The van der Waals surface area contributed by atoms with Gasteiger partial charge < -0.3 is 9.64 Å². The van der Waals surface area contributed by atoms with Gasteiger partial charge in [0, 0.05) is 24.6 Å². The normalized spacial score (nSPS) is 19.3. The number of ether oxygens (including phenoxy) is 1. The summed E-state index contributed by atoms with van der Waals surface area (Å²) in [5.74, 6) is 0.0296. The first kappa shape index (κ1) is 11.2. The van der Waals surface area contributed by atoms with Crippen LogP contribution < -0.4 is 0 Å². The molecule has 1 aliphatic heterocycles. The van der Waals surface area contributed by atoms with Gasteiger partial charge in [-0.1, -0.05) is 6.07 Å². The lowest BCUT2D eigenvalue weighted by atomic mass is 10.1. The van der Waals surface area contributed by atoms with Gasteiger partial charge in [0.25, 0.3) is 5.91 Å². The Balaban J connectivity index is 1.86. The molecule has 1 aromatic heterocycles. The molecule has 1 N–H and O–H groups in total. The van der Waals surface area contributed by atoms with E-state index < -0.39 is 0 Å². The molecule has 2 heterocycles. The smallest absolute Gasteiger partial charge is 0.254 e. The molecule has 5 heteroatoms. The standard InChI is InChI=1S/C13H15N3O2/c1-16(11-4-5-18-8-11)13(17)9-2-3-10-7-14-15-12(10)6-9/h2-3,6-7,11H,4-5,8H2,1H3,(H,14,15). The molecular formula is C13H15N3O2. The highest BCUT2D eigenvalue weighted by atomic mass is 16.5. The highest BCUT2D eigenvalue weighted by molar-refractivity contribution is 5.97. The summed E-state index contributed by atoms with van der Waals surface area (Å²) in [6, 6.07) is 5.78. The monoisotopic (exact) mass is 245 g/mol. The Labute approximate surface area is 105 Å². The number of carbonyl (C=O) groups is 1. The lowest BCUT2D eigenvalue weighted by Gasteiger charge is -2.23. The second-order valence-electron chi connectivity index (χ2n) is 4.61. The Morgan fingerprint density at radius 3 is 3.22 bits per heavy atom. The third kappa shape index (κ3) is 1.86. The van der Waals surface area contributed by atoms with E-state index in [0.717, 1.165) is 23.9 Å². The number of nitrogens with zero attached hydrogens (tertiary/aromatic N) is 2. The maximum atomic E-state index is 12.3. The Kier molecular flexibility index (Phi) is 2.76. The van der Waals surface area contributed by atoms with Crippen molar-refractivity contribution in [1.29, 1.82) is 0 Å². The van der Waals surface area contributed by atoms with E-state index >= 15 is 0 Å². The number of aromatic amines is 1. The maximum absolute atomic E-state index is 12.3. The number of likely N-dealkylation sites (N-methyl/N-ethyl adjacent to an activating group) is 1. The van der Waals surface area contributed by atoms with Crippen LogP contribution in [0.25, 0.3) is 10.9 Å². The Morgan fingerprint density at radius 2 is 2.44 bits per heavy atom. The van der Waals surface area contributed by atoms with Gasteiger partial charge >= 0.3 is 0 Å². The van der Waals surface area contributed by atoms with Crippen LogP contribution in [0.15, 0.2) is 24.4 Å². The first-order valence-electron chi connectivity index (χ1n) is 6.04. The van der Waals surface area contributed by atoms with Crippen LogP contribution in [0, 0.1) is 0 Å². The summed E-state index contributed by atoms with van der Waals surface area (Å²) in [5.41, 5.74) is 1.57. The summed E-state index contributed by atoms with van der Waals surface area (Å²) in [7, 11) is 1.83.